The maximum atomic E-state index is 11.5. The number of likely N-dealkylation sites (tertiary alicyclic amines) is 1. The highest BCUT2D eigenvalue weighted by Crippen LogP contribution is 2.32. The van der Waals surface area contributed by atoms with E-state index in [1.807, 2.05) is 0 Å². The van der Waals surface area contributed by atoms with E-state index in [-0.39, 0.29) is 0 Å². The normalized spacial score (nSPS) is 35.0. The van der Waals surface area contributed by atoms with Crippen molar-refractivity contribution in [1.29, 1.82) is 0 Å². The lowest BCUT2D eigenvalue weighted by atomic mass is 9.82. The van der Waals surface area contributed by atoms with Crippen molar-refractivity contribution in [3.63, 3.8) is 0 Å². The van der Waals surface area contributed by atoms with Crippen LogP contribution in [0.15, 0.2) is 0 Å². The molecule has 2 rings (SSSR count). The highest BCUT2D eigenvalue weighted by atomic mass is 16.5. The van der Waals surface area contributed by atoms with Crippen molar-refractivity contribution in [2.45, 2.75) is 32.6 Å². The summed E-state index contributed by atoms with van der Waals surface area (Å²) >= 11 is 0. The van der Waals surface area contributed by atoms with Gasteiger partial charge in [0.15, 0.2) is 0 Å². The van der Waals surface area contributed by atoms with Crippen molar-refractivity contribution in [3.05, 3.63) is 0 Å². The van der Waals surface area contributed by atoms with E-state index in [2.05, 4.69) is 11.8 Å². The van der Waals surface area contributed by atoms with E-state index in [0.29, 0.717) is 19.8 Å². The first-order chi connectivity index (χ1) is 8.16. The van der Waals surface area contributed by atoms with Gasteiger partial charge in [0, 0.05) is 19.7 Å². The molecule has 4 nitrogen and oxygen atoms in total. The third kappa shape index (κ3) is 2.80. The summed E-state index contributed by atoms with van der Waals surface area (Å²) in [4.78, 5) is 13.8. The number of carboxylic acids is 1. The molecule has 0 aromatic heterocycles. The Balaban J connectivity index is 1.96. The van der Waals surface area contributed by atoms with Crippen molar-refractivity contribution in [2.24, 2.45) is 11.3 Å². The van der Waals surface area contributed by atoms with E-state index in [9.17, 15) is 9.90 Å². The molecule has 0 saturated carbocycles. The number of nitrogens with zero attached hydrogens (tertiary/aromatic N) is 1. The van der Waals surface area contributed by atoms with Crippen molar-refractivity contribution in [2.75, 3.05) is 32.8 Å². The Hall–Kier alpha value is -0.610. The Morgan fingerprint density at radius 1 is 1.59 bits per heavy atom. The fourth-order valence-electron chi connectivity index (χ4n) is 3.03. The summed E-state index contributed by atoms with van der Waals surface area (Å²) in [6, 6.07) is 0. The van der Waals surface area contributed by atoms with Crippen molar-refractivity contribution in [3.8, 4) is 0 Å². The largest absolute Gasteiger partial charge is 0.481 e. The number of rotatable bonds is 4. The van der Waals surface area contributed by atoms with Crippen LogP contribution in [-0.2, 0) is 9.53 Å². The van der Waals surface area contributed by atoms with Gasteiger partial charge in [-0.2, -0.15) is 0 Å². The molecule has 0 aromatic rings. The smallest absolute Gasteiger partial charge is 0.313 e. The summed E-state index contributed by atoms with van der Waals surface area (Å²) in [5, 5.41) is 9.47. The Morgan fingerprint density at radius 2 is 2.41 bits per heavy atom. The van der Waals surface area contributed by atoms with E-state index in [1.54, 1.807) is 0 Å². The molecule has 0 aliphatic carbocycles. The molecule has 2 saturated heterocycles. The van der Waals surface area contributed by atoms with Gasteiger partial charge in [-0.1, -0.05) is 13.3 Å². The number of hydrogen-bond donors (Lipinski definition) is 1. The third-order valence-electron chi connectivity index (χ3n) is 4.25. The topological polar surface area (TPSA) is 49.8 Å². The first kappa shape index (κ1) is 12.8. The number of carboxylic acid groups (broad SMARTS) is 1. The molecule has 0 amide bonds. The monoisotopic (exact) mass is 241 g/mol. The standard InChI is InChI=1S/C13H23NO3/c1-2-11-4-6-14(8-11)9-13(12(15)16)5-3-7-17-10-13/h11H,2-10H2,1H3,(H,15,16). The maximum absolute atomic E-state index is 11.5. The lowest BCUT2D eigenvalue weighted by Gasteiger charge is -2.36. The Kier molecular flexibility index (Phi) is 4.05. The fourth-order valence-corrected chi connectivity index (χ4v) is 3.03. The number of hydrogen-bond acceptors (Lipinski definition) is 3. The van der Waals surface area contributed by atoms with E-state index in [1.165, 1.54) is 12.8 Å². The van der Waals surface area contributed by atoms with Crippen LogP contribution in [0, 0.1) is 11.3 Å². The molecule has 1 N–H and O–H groups in total. The lowest BCUT2D eigenvalue weighted by Crippen LogP contribution is -2.47. The van der Waals surface area contributed by atoms with Gasteiger partial charge < -0.3 is 14.7 Å². The molecule has 4 heteroatoms. The van der Waals surface area contributed by atoms with Crippen molar-refractivity contribution in [1.82, 2.24) is 4.90 Å². The summed E-state index contributed by atoms with van der Waals surface area (Å²) in [6.07, 6.45) is 4.05. The molecule has 2 atom stereocenters. The Bertz CT molecular complexity index is 274. The van der Waals surface area contributed by atoms with Gasteiger partial charge in [-0.3, -0.25) is 4.79 Å². The zero-order valence-corrected chi connectivity index (χ0v) is 10.7. The summed E-state index contributed by atoms with van der Waals surface area (Å²) < 4.78 is 5.40. The van der Waals surface area contributed by atoms with Gasteiger partial charge in [0.25, 0.3) is 0 Å². The minimum absolute atomic E-state index is 0.385. The van der Waals surface area contributed by atoms with Crippen LogP contribution in [0.1, 0.15) is 32.6 Å². The van der Waals surface area contributed by atoms with Gasteiger partial charge in [-0.25, -0.2) is 0 Å². The second-order valence-corrected chi connectivity index (χ2v) is 5.54. The molecule has 17 heavy (non-hydrogen) atoms. The quantitative estimate of drug-likeness (QED) is 0.812. The average molecular weight is 241 g/mol. The molecular formula is C13H23NO3. The average Bonchev–Trinajstić information content (AvgIpc) is 2.77. The van der Waals surface area contributed by atoms with Crippen molar-refractivity contribution >= 4 is 5.97 Å². The molecule has 0 aromatic carbocycles. The molecule has 2 aliphatic heterocycles. The molecule has 2 heterocycles. The zero-order chi connectivity index (χ0) is 12.3. The van der Waals surface area contributed by atoms with Crippen molar-refractivity contribution < 1.29 is 14.6 Å². The minimum atomic E-state index is -0.683. The SMILES string of the molecule is CCC1CCN(CC2(C(=O)O)CCCOC2)C1. The molecule has 0 radical (unpaired) electrons. The fraction of sp³-hybridized carbons (Fsp3) is 0.923. The molecule has 2 aliphatic rings. The zero-order valence-electron chi connectivity index (χ0n) is 10.7. The molecule has 2 unspecified atom stereocenters. The van der Waals surface area contributed by atoms with Gasteiger partial charge in [-0.05, 0) is 31.7 Å². The summed E-state index contributed by atoms with van der Waals surface area (Å²) in [5.74, 6) is 0.0718. The van der Waals surface area contributed by atoms with Crippen LogP contribution < -0.4 is 0 Å². The Labute approximate surface area is 103 Å². The number of ether oxygens (including phenoxy) is 1. The van der Waals surface area contributed by atoms with E-state index < -0.39 is 11.4 Å². The predicted octanol–water partition coefficient (Wildman–Crippen LogP) is 1.60. The van der Waals surface area contributed by atoms with Gasteiger partial charge in [0.05, 0.1) is 6.61 Å². The lowest BCUT2D eigenvalue weighted by molar-refractivity contribution is -0.159. The van der Waals surface area contributed by atoms with Gasteiger partial charge in [0.2, 0.25) is 0 Å². The second-order valence-electron chi connectivity index (χ2n) is 5.54. The van der Waals surface area contributed by atoms with E-state index in [0.717, 1.165) is 31.8 Å². The number of aliphatic carboxylic acids is 1. The molecule has 0 spiro atoms. The first-order valence-electron chi connectivity index (χ1n) is 6.70. The van der Waals surface area contributed by atoms with Crippen LogP contribution in [0.3, 0.4) is 0 Å². The van der Waals surface area contributed by atoms with Crippen LogP contribution in [0.2, 0.25) is 0 Å². The minimum Gasteiger partial charge on any atom is -0.481 e. The van der Waals surface area contributed by atoms with Crippen LogP contribution in [0.4, 0.5) is 0 Å². The first-order valence-corrected chi connectivity index (χ1v) is 6.70. The van der Waals surface area contributed by atoms with Gasteiger partial charge in [-0.15, -0.1) is 0 Å². The molecule has 0 bridgehead atoms. The highest BCUT2D eigenvalue weighted by molar-refractivity contribution is 5.75. The van der Waals surface area contributed by atoms with Gasteiger partial charge >= 0.3 is 5.97 Å². The molecule has 2 fully saturated rings. The van der Waals surface area contributed by atoms with E-state index >= 15 is 0 Å². The van der Waals surface area contributed by atoms with Crippen LogP contribution in [0.5, 0.6) is 0 Å². The Morgan fingerprint density at radius 3 is 2.94 bits per heavy atom. The highest BCUT2D eigenvalue weighted by Gasteiger charge is 2.43. The predicted molar refractivity (Wildman–Crippen MR) is 65.0 cm³/mol. The third-order valence-corrected chi connectivity index (χ3v) is 4.25. The van der Waals surface area contributed by atoms with E-state index in [4.69, 9.17) is 4.74 Å². The number of carbonyl (C=O) groups is 1. The van der Waals surface area contributed by atoms with Gasteiger partial charge in [0.1, 0.15) is 5.41 Å². The summed E-state index contributed by atoms with van der Waals surface area (Å²) in [6.45, 7) is 6.09. The van der Waals surface area contributed by atoms with Crippen LogP contribution in [0.25, 0.3) is 0 Å². The second kappa shape index (κ2) is 5.36. The van der Waals surface area contributed by atoms with Crippen LogP contribution >= 0.6 is 0 Å². The molecule has 98 valence electrons. The summed E-state index contributed by atoms with van der Waals surface area (Å²) in [7, 11) is 0. The maximum Gasteiger partial charge on any atom is 0.313 e. The van der Waals surface area contributed by atoms with Crippen LogP contribution in [-0.4, -0.2) is 48.8 Å². The molecular weight excluding hydrogens is 218 g/mol. The summed E-state index contributed by atoms with van der Waals surface area (Å²) in [5.41, 5.74) is -0.652.